The van der Waals surface area contributed by atoms with E-state index in [1.54, 1.807) is 12.1 Å². The van der Waals surface area contributed by atoms with Crippen LogP contribution < -0.4 is 0 Å². The maximum atomic E-state index is 8.89. The van der Waals surface area contributed by atoms with E-state index in [-0.39, 0.29) is 39.7 Å². The van der Waals surface area contributed by atoms with Gasteiger partial charge in [0.1, 0.15) is 0 Å². The van der Waals surface area contributed by atoms with Crippen LogP contribution in [0.1, 0.15) is 29.7 Å². The summed E-state index contributed by atoms with van der Waals surface area (Å²) in [4.78, 5) is 0. The minimum absolute atomic E-state index is 0. The van der Waals surface area contributed by atoms with Crippen molar-refractivity contribution in [3.63, 3.8) is 0 Å². The second-order valence-corrected chi connectivity index (χ2v) is 6.53. The molecule has 0 saturated carbocycles. The Hall–Kier alpha value is -0.140. The molecule has 7 heteroatoms. The number of hydrogen-bond acceptors (Lipinski definition) is 3. The van der Waals surface area contributed by atoms with Gasteiger partial charge in [0, 0.05) is 14.8 Å². The molecule has 2 rings (SSSR count). The summed E-state index contributed by atoms with van der Waals surface area (Å²) >= 11 is 12.2. The van der Waals surface area contributed by atoms with Gasteiger partial charge in [-0.3, -0.25) is 0 Å². The molecule has 0 radical (unpaired) electrons. The third kappa shape index (κ3) is 8.30. The van der Waals surface area contributed by atoms with E-state index in [1.165, 1.54) is 0 Å². The van der Waals surface area contributed by atoms with Gasteiger partial charge >= 0.3 is 0 Å². The van der Waals surface area contributed by atoms with Crippen molar-refractivity contribution in [2.24, 2.45) is 0 Å². The molecule has 2 aromatic rings. The highest BCUT2D eigenvalue weighted by molar-refractivity contribution is 9.10. The molecule has 0 bridgehead atoms. The average molecular weight is 505 g/mol. The molecule has 0 aliphatic carbocycles. The van der Waals surface area contributed by atoms with E-state index in [0.717, 1.165) is 31.2 Å². The van der Waals surface area contributed by atoms with Crippen LogP contribution in [0.5, 0.6) is 0 Å². The molecule has 136 valence electrons. The summed E-state index contributed by atoms with van der Waals surface area (Å²) < 4.78 is 1.88. The van der Waals surface area contributed by atoms with Gasteiger partial charge < -0.3 is 15.3 Å². The van der Waals surface area contributed by atoms with Crippen molar-refractivity contribution in [2.75, 3.05) is 0 Å². The Morgan fingerprint density at radius 1 is 0.708 bits per heavy atom. The first-order valence-corrected chi connectivity index (χ1v) is 8.60. The molecule has 24 heavy (non-hydrogen) atoms. The highest BCUT2D eigenvalue weighted by Gasteiger charge is 2.00. The normalized spacial score (nSPS) is 9.25. The van der Waals surface area contributed by atoms with Gasteiger partial charge in [-0.1, -0.05) is 51.4 Å². The standard InChI is InChI=1S/C8H8BrClO.C8H9BrO2.CH4.ClH/c2*9-8-2-1-6(4-10)7(3-8)5-11;;/h1-3,11H,4-5H2;1-3,10-11H,4-5H2;1H4;1H. The van der Waals surface area contributed by atoms with Crippen LogP contribution in [0.25, 0.3) is 0 Å². The molecule has 0 spiro atoms. The fourth-order valence-corrected chi connectivity index (χ4v) is 2.85. The minimum atomic E-state index is -0.0324. The van der Waals surface area contributed by atoms with Gasteiger partial charge in [0.25, 0.3) is 0 Å². The quantitative estimate of drug-likeness (QED) is 0.503. The molecule has 0 aromatic heterocycles. The van der Waals surface area contributed by atoms with Gasteiger partial charge in [-0.15, -0.1) is 24.0 Å². The summed E-state index contributed by atoms with van der Waals surface area (Å²) in [5, 5.41) is 26.6. The molecular formula is C17H22Br2Cl2O3. The van der Waals surface area contributed by atoms with Crippen molar-refractivity contribution in [2.45, 2.75) is 33.1 Å². The summed E-state index contributed by atoms with van der Waals surface area (Å²) in [6.45, 7) is -0.0139. The summed E-state index contributed by atoms with van der Waals surface area (Å²) in [5.74, 6) is 0.448. The molecule has 0 atom stereocenters. The second-order valence-electron chi connectivity index (χ2n) is 4.43. The number of rotatable bonds is 4. The van der Waals surface area contributed by atoms with E-state index in [4.69, 9.17) is 26.9 Å². The molecule has 0 heterocycles. The molecular weight excluding hydrogens is 483 g/mol. The average Bonchev–Trinajstić information content (AvgIpc) is 2.55. The zero-order valence-electron chi connectivity index (χ0n) is 12.2. The fraction of sp³-hybridized carbons (Fsp3) is 0.294. The van der Waals surface area contributed by atoms with Crippen LogP contribution in [0.4, 0.5) is 0 Å². The maximum absolute atomic E-state index is 8.89. The number of aliphatic hydroxyl groups is 3. The largest absolute Gasteiger partial charge is 0.392 e. The Kier molecular flexibility index (Phi) is 15.3. The third-order valence-corrected chi connectivity index (χ3v) is 4.27. The number of aliphatic hydroxyl groups excluding tert-OH is 3. The van der Waals surface area contributed by atoms with Crippen molar-refractivity contribution in [3.8, 4) is 0 Å². The Labute approximate surface area is 171 Å². The lowest BCUT2D eigenvalue weighted by Gasteiger charge is -2.03. The third-order valence-electron chi connectivity index (χ3n) is 2.99. The zero-order chi connectivity index (χ0) is 16.5. The molecule has 3 N–H and O–H groups in total. The second kappa shape index (κ2) is 14.1. The van der Waals surface area contributed by atoms with Crippen LogP contribution in [0.3, 0.4) is 0 Å². The summed E-state index contributed by atoms with van der Waals surface area (Å²) in [6.07, 6.45) is 0. The zero-order valence-corrected chi connectivity index (χ0v) is 16.9. The monoisotopic (exact) mass is 502 g/mol. The molecule has 2 aromatic carbocycles. The molecule has 0 unspecified atom stereocenters. The van der Waals surface area contributed by atoms with E-state index in [9.17, 15) is 0 Å². The van der Waals surface area contributed by atoms with Crippen LogP contribution in [0.15, 0.2) is 45.3 Å². The van der Waals surface area contributed by atoms with Crippen molar-refractivity contribution < 1.29 is 15.3 Å². The number of benzene rings is 2. The first-order chi connectivity index (χ1) is 10.5. The molecule has 0 amide bonds. The number of hydrogen-bond donors (Lipinski definition) is 3. The SMILES string of the molecule is C.Cl.OCc1cc(Br)ccc1CCl.OCc1ccc(Br)cc1CO. The van der Waals surface area contributed by atoms with E-state index in [1.807, 2.05) is 24.3 Å². The smallest absolute Gasteiger partial charge is 0.0685 e. The maximum Gasteiger partial charge on any atom is 0.0685 e. The number of alkyl halides is 1. The van der Waals surface area contributed by atoms with Gasteiger partial charge in [0.2, 0.25) is 0 Å². The first kappa shape index (κ1) is 26.1. The van der Waals surface area contributed by atoms with Crippen molar-refractivity contribution in [3.05, 3.63) is 67.6 Å². The lowest BCUT2D eigenvalue weighted by atomic mass is 10.1. The molecule has 0 aliphatic heterocycles. The molecule has 3 nitrogen and oxygen atoms in total. The van der Waals surface area contributed by atoms with Crippen LogP contribution >= 0.6 is 55.9 Å². The van der Waals surface area contributed by atoms with E-state index < -0.39 is 0 Å². The van der Waals surface area contributed by atoms with E-state index in [2.05, 4.69) is 31.9 Å². The highest BCUT2D eigenvalue weighted by atomic mass is 79.9. The Morgan fingerprint density at radius 3 is 1.46 bits per heavy atom. The topological polar surface area (TPSA) is 60.7 Å². The van der Waals surface area contributed by atoms with Gasteiger partial charge in [0.15, 0.2) is 0 Å². The van der Waals surface area contributed by atoms with Crippen molar-refractivity contribution in [1.82, 2.24) is 0 Å². The van der Waals surface area contributed by atoms with Crippen molar-refractivity contribution in [1.29, 1.82) is 0 Å². The Morgan fingerprint density at radius 2 is 1.08 bits per heavy atom. The molecule has 0 saturated heterocycles. The van der Waals surface area contributed by atoms with Crippen LogP contribution in [0, 0.1) is 0 Å². The predicted octanol–water partition coefficient (Wildman–Crippen LogP) is 5.17. The molecule has 0 fully saturated rings. The lowest BCUT2D eigenvalue weighted by Crippen LogP contribution is -1.92. The van der Waals surface area contributed by atoms with Gasteiger partial charge in [-0.25, -0.2) is 0 Å². The summed E-state index contributed by atoms with van der Waals surface area (Å²) in [5.41, 5.74) is 3.41. The molecule has 0 aliphatic rings. The van der Waals surface area contributed by atoms with Crippen LogP contribution in [-0.4, -0.2) is 15.3 Å². The summed E-state index contributed by atoms with van der Waals surface area (Å²) in [7, 11) is 0. The van der Waals surface area contributed by atoms with Crippen LogP contribution in [-0.2, 0) is 25.7 Å². The Balaban J connectivity index is 0. The fourth-order valence-electron chi connectivity index (χ4n) is 1.77. The summed E-state index contributed by atoms with van der Waals surface area (Å²) in [6, 6.07) is 11.1. The van der Waals surface area contributed by atoms with Crippen molar-refractivity contribution >= 4 is 55.9 Å². The Bertz CT molecular complexity index is 557. The van der Waals surface area contributed by atoms with Gasteiger partial charge in [0.05, 0.1) is 19.8 Å². The highest BCUT2D eigenvalue weighted by Crippen LogP contribution is 2.18. The van der Waals surface area contributed by atoms with Crippen LogP contribution in [0.2, 0.25) is 0 Å². The van der Waals surface area contributed by atoms with Gasteiger partial charge in [-0.05, 0) is 46.5 Å². The predicted molar refractivity (Wildman–Crippen MR) is 110 cm³/mol. The van der Waals surface area contributed by atoms with Gasteiger partial charge in [-0.2, -0.15) is 0 Å². The first-order valence-electron chi connectivity index (χ1n) is 6.48. The lowest BCUT2D eigenvalue weighted by molar-refractivity contribution is 0.260. The number of halogens is 4. The van der Waals surface area contributed by atoms with E-state index in [0.29, 0.717) is 5.88 Å². The van der Waals surface area contributed by atoms with E-state index >= 15 is 0 Å². The minimum Gasteiger partial charge on any atom is -0.392 e.